The van der Waals surface area contributed by atoms with Gasteiger partial charge in [0, 0.05) is 38.8 Å². The van der Waals surface area contributed by atoms with E-state index in [1.54, 1.807) is 17.0 Å². The Bertz CT molecular complexity index is 817. The van der Waals surface area contributed by atoms with Crippen molar-refractivity contribution in [2.75, 3.05) is 37.7 Å². The SMILES string of the molecule is CCOc1cccc(N2CCN(C(=O)NCc3ccc(C(=O)O)cc3)CC2)n1. The summed E-state index contributed by atoms with van der Waals surface area (Å²) >= 11 is 0. The molecule has 1 aliphatic rings. The first-order valence-corrected chi connectivity index (χ1v) is 9.26. The highest BCUT2D eigenvalue weighted by Gasteiger charge is 2.22. The molecule has 0 spiro atoms. The number of ether oxygens (including phenoxy) is 1. The van der Waals surface area contributed by atoms with Gasteiger partial charge in [0.1, 0.15) is 5.82 Å². The fourth-order valence-corrected chi connectivity index (χ4v) is 3.00. The highest BCUT2D eigenvalue weighted by molar-refractivity contribution is 5.87. The van der Waals surface area contributed by atoms with Gasteiger partial charge in [0.05, 0.1) is 12.2 Å². The lowest BCUT2D eigenvalue weighted by molar-refractivity contribution is 0.0697. The van der Waals surface area contributed by atoms with E-state index >= 15 is 0 Å². The first-order valence-electron chi connectivity index (χ1n) is 9.26. The number of aromatic carboxylic acids is 1. The molecule has 8 nitrogen and oxygen atoms in total. The van der Waals surface area contributed by atoms with Gasteiger partial charge in [0.25, 0.3) is 0 Å². The third kappa shape index (κ3) is 4.91. The molecule has 8 heteroatoms. The Balaban J connectivity index is 1.48. The van der Waals surface area contributed by atoms with E-state index in [4.69, 9.17) is 9.84 Å². The molecule has 1 aromatic carbocycles. The number of pyridine rings is 1. The molecule has 2 heterocycles. The molecule has 0 saturated carbocycles. The lowest BCUT2D eigenvalue weighted by atomic mass is 10.1. The van der Waals surface area contributed by atoms with Crippen LogP contribution in [-0.4, -0.2) is 59.8 Å². The Labute approximate surface area is 163 Å². The number of nitrogens with zero attached hydrogens (tertiary/aromatic N) is 3. The zero-order valence-corrected chi connectivity index (χ0v) is 15.8. The lowest BCUT2D eigenvalue weighted by Gasteiger charge is -2.35. The van der Waals surface area contributed by atoms with Gasteiger partial charge in [0.15, 0.2) is 0 Å². The van der Waals surface area contributed by atoms with Crippen LogP contribution in [0.1, 0.15) is 22.8 Å². The van der Waals surface area contributed by atoms with Gasteiger partial charge < -0.3 is 25.0 Å². The number of urea groups is 1. The maximum atomic E-state index is 12.4. The van der Waals surface area contributed by atoms with Crippen molar-refractivity contribution in [1.29, 1.82) is 0 Å². The zero-order valence-electron chi connectivity index (χ0n) is 15.8. The topological polar surface area (TPSA) is 95.0 Å². The van der Waals surface area contributed by atoms with Crippen molar-refractivity contribution in [1.82, 2.24) is 15.2 Å². The Morgan fingerprint density at radius 1 is 1.11 bits per heavy atom. The molecule has 2 amide bonds. The molecule has 148 valence electrons. The van der Waals surface area contributed by atoms with Gasteiger partial charge in [-0.25, -0.2) is 9.59 Å². The second-order valence-corrected chi connectivity index (χ2v) is 6.40. The molecule has 1 aliphatic heterocycles. The number of carbonyl (C=O) groups is 2. The molecule has 0 radical (unpaired) electrons. The Kier molecular flexibility index (Phi) is 6.31. The van der Waals surface area contributed by atoms with E-state index < -0.39 is 5.97 Å². The van der Waals surface area contributed by atoms with Crippen LogP contribution in [0.25, 0.3) is 0 Å². The normalized spacial score (nSPS) is 13.9. The number of aromatic nitrogens is 1. The molecular formula is C20H24N4O4. The molecular weight excluding hydrogens is 360 g/mol. The van der Waals surface area contributed by atoms with Crippen LogP contribution in [0, 0.1) is 0 Å². The van der Waals surface area contributed by atoms with E-state index in [9.17, 15) is 9.59 Å². The monoisotopic (exact) mass is 384 g/mol. The molecule has 1 fully saturated rings. The molecule has 0 aliphatic carbocycles. The molecule has 1 saturated heterocycles. The predicted octanol–water partition coefficient (Wildman–Crippen LogP) is 2.21. The minimum atomic E-state index is -0.963. The second-order valence-electron chi connectivity index (χ2n) is 6.40. The first-order chi connectivity index (χ1) is 13.6. The Morgan fingerprint density at radius 2 is 1.82 bits per heavy atom. The number of hydrogen-bond acceptors (Lipinski definition) is 5. The molecule has 0 unspecified atom stereocenters. The van der Waals surface area contributed by atoms with E-state index in [2.05, 4.69) is 15.2 Å². The van der Waals surface area contributed by atoms with Crippen molar-refractivity contribution in [3.8, 4) is 5.88 Å². The summed E-state index contributed by atoms with van der Waals surface area (Å²) in [4.78, 5) is 31.7. The van der Waals surface area contributed by atoms with Crippen LogP contribution >= 0.6 is 0 Å². The maximum absolute atomic E-state index is 12.4. The van der Waals surface area contributed by atoms with Gasteiger partial charge in [-0.1, -0.05) is 18.2 Å². The fraction of sp³-hybridized carbons (Fsp3) is 0.350. The molecule has 0 atom stereocenters. The summed E-state index contributed by atoms with van der Waals surface area (Å²) in [6.07, 6.45) is 0. The van der Waals surface area contributed by atoms with Gasteiger partial charge >= 0.3 is 12.0 Å². The standard InChI is InChI=1S/C20H24N4O4/c1-2-28-18-5-3-4-17(22-18)23-10-12-24(13-11-23)20(27)21-14-15-6-8-16(9-7-15)19(25)26/h3-9H,2,10-14H2,1H3,(H,21,27)(H,25,26). The number of carbonyl (C=O) groups excluding carboxylic acids is 1. The molecule has 0 bridgehead atoms. The summed E-state index contributed by atoms with van der Waals surface area (Å²) in [5.74, 6) is 0.494. The summed E-state index contributed by atoms with van der Waals surface area (Å²) < 4.78 is 5.45. The summed E-state index contributed by atoms with van der Waals surface area (Å²) in [6, 6.07) is 12.0. The van der Waals surface area contributed by atoms with Crippen molar-refractivity contribution < 1.29 is 19.4 Å². The minimum absolute atomic E-state index is 0.127. The van der Waals surface area contributed by atoms with Gasteiger partial charge in [-0.05, 0) is 30.7 Å². The number of carboxylic acid groups (broad SMARTS) is 1. The number of benzene rings is 1. The van der Waals surface area contributed by atoms with E-state index in [1.165, 1.54) is 12.1 Å². The van der Waals surface area contributed by atoms with Gasteiger partial charge in [0.2, 0.25) is 5.88 Å². The number of anilines is 1. The predicted molar refractivity (Wildman–Crippen MR) is 105 cm³/mol. The van der Waals surface area contributed by atoms with Crippen LogP contribution in [0.3, 0.4) is 0 Å². The quantitative estimate of drug-likeness (QED) is 0.793. The highest BCUT2D eigenvalue weighted by atomic mass is 16.5. The van der Waals surface area contributed by atoms with E-state index in [0.717, 1.165) is 11.4 Å². The number of carboxylic acids is 1. The largest absolute Gasteiger partial charge is 0.478 e. The number of piperazine rings is 1. The Hall–Kier alpha value is -3.29. The second kappa shape index (κ2) is 9.07. The summed E-state index contributed by atoms with van der Waals surface area (Å²) in [6.45, 7) is 5.45. The van der Waals surface area contributed by atoms with Crippen LogP contribution in [0.2, 0.25) is 0 Å². The molecule has 2 N–H and O–H groups in total. The van der Waals surface area contributed by atoms with E-state index in [-0.39, 0.29) is 11.6 Å². The van der Waals surface area contributed by atoms with Crippen LogP contribution in [0.5, 0.6) is 5.88 Å². The summed E-state index contributed by atoms with van der Waals surface area (Å²) in [5.41, 5.74) is 1.09. The van der Waals surface area contributed by atoms with E-state index in [0.29, 0.717) is 45.2 Å². The number of hydrogen-bond donors (Lipinski definition) is 2. The maximum Gasteiger partial charge on any atom is 0.335 e. The van der Waals surface area contributed by atoms with Crippen molar-refractivity contribution in [2.45, 2.75) is 13.5 Å². The number of amides is 2. The fourth-order valence-electron chi connectivity index (χ4n) is 3.00. The van der Waals surface area contributed by atoms with Crippen molar-refractivity contribution in [3.05, 3.63) is 53.6 Å². The van der Waals surface area contributed by atoms with Gasteiger partial charge in [-0.3, -0.25) is 0 Å². The third-order valence-electron chi connectivity index (χ3n) is 4.54. The zero-order chi connectivity index (χ0) is 19.9. The van der Waals surface area contributed by atoms with Crippen molar-refractivity contribution in [3.63, 3.8) is 0 Å². The minimum Gasteiger partial charge on any atom is -0.478 e. The lowest BCUT2D eigenvalue weighted by Crippen LogP contribution is -2.51. The van der Waals surface area contributed by atoms with Gasteiger partial charge in [-0.15, -0.1) is 0 Å². The number of nitrogens with one attached hydrogen (secondary N) is 1. The number of rotatable bonds is 6. The molecule has 2 aromatic rings. The van der Waals surface area contributed by atoms with Crippen LogP contribution in [-0.2, 0) is 6.54 Å². The Morgan fingerprint density at radius 3 is 2.46 bits per heavy atom. The summed E-state index contributed by atoms with van der Waals surface area (Å²) in [5, 5.41) is 11.8. The van der Waals surface area contributed by atoms with Crippen LogP contribution in [0.15, 0.2) is 42.5 Å². The highest BCUT2D eigenvalue weighted by Crippen LogP contribution is 2.17. The van der Waals surface area contributed by atoms with Crippen molar-refractivity contribution >= 4 is 17.8 Å². The molecule has 3 rings (SSSR count). The van der Waals surface area contributed by atoms with Crippen LogP contribution in [0.4, 0.5) is 10.6 Å². The van der Waals surface area contributed by atoms with Gasteiger partial charge in [-0.2, -0.15) is 4.98 Å². The molecule has 28 heavy (non-hydrogen) atoms. The third-order valence-corrected chi connectivity index (χ3v) is 4.54. The average molecular weight is 384 g/mol. The average Bonchev–Trinajstić information content (AvgIpc) is 2.73. The first kappa shape index (κ1) is 19.5. The summed E-state index contributed by atoms with van der Waals surface area (Å²) in [7, 11) is 0. The smallest absolute Gasteiger partial charge is 0.335 e. The molecule has 1 aromatic heterocycles. The van der Waals surface area contributed by atoms with Crippen LogP contribution < -0.4 is 15.0 Å². The van der Waals surface area contributed by atoms with Crippen molar-refractivity contribution in [2.24, 2.45) is 0 Å². The van der Waals surface area contributed by atoms with E-state index in [1.807, 2.05) is 25.1 Å².